The fraction of sp³-hybridized carbons (Fsp3) is 0.500. The van der Waals surface area contributed by atoms with Crippen LogP contribution in [0, 0.1) is 5.82 Å². The highest BCUT2D eigenvalue weighted by molar-refractivity contribution is 5.94. The van der Waals surface area contributed by atoms with Crippen LogP contribution in [-0.4, -0.2) is 52.1 Å². The number of H-pyrrole nitrogens is 1. The lowest BCUT2D eigenvalue weighted by Crippen LogP contribution is -2.35. The van der Waals surface area contributed by atoms with Crippen molar-refractivity contribution in [3.05, 3.63) is 52.6 Å². The summed E-state index contributed by atoms with van der Waals surface area (Å²) in [6.07, 6.45) is 5.21. The lowest BCUT2D eigenvalue weighted by Gasteiger charge is -2.22. The molecule has 26 heavy (non-hydrogen) atoms. The zero-order valence-electron chi connectivity index (χ0n) is 15.0. The van der Waals surface area contributed by atoms with Gasteiger partial charge in [0.2, 0.25) is 0 Å². The normalized spacial score (nSPS) is 18.4. The van der Waals surface area contributed by atoms with E-state index in [1.807, 2.05) is 17.0 Å². The van der Waals surface area contributed by atoms with Gasteiger partial charge in [-0.3, -0.25) is 14.8 Å². The average molecular weight is 356 g/mol. The SMILES string of the molecule is O=C(c1n[nH]c2c1CCCC2)N1CCCN(Cc2ccc(F)cc2)CC1. The number of benzene rings is 1. The summed E-state index contributed by atoms with van der Waals surface area (Å²) in [6.45, 7) is 4.04. The molecule has 1 aliphatic carbocycles. The highest BCUT2D eigenvalue weighted by atomic mass is 19.1. The predicted molar refractivity (Wildman–Crippen MR) is 97.4 cm³/mol. The Morgan fingerprint density at radius 3 is 2.69 bits per heavy atom. The number of rotatable bonds is 3. The summed E-state index contributed by atoms with van der Waals surface area (Å²) in [7, 11) is 0. The van der Waals surface area contributed by atoms with Crippen LogP contribution < -0.4 is 0 Å². The molecule has 4 rings (SSSR count). The number of halogens is 1. The molecule has 138 valence electrons. The van der Waals surface area contributed by atoms with Crippen LogP contribution in [-0.2, 0) is 19.4 Å². The number of aryl methyl sites for hydroxylation is 1. The van der Waals surface area contributed by atoms with Crippen molar-refractivity contribution in [1.82, 2.24) is 20.0 Å². The molecule has 1 aromatic carbocycles. The largest absolute Gasteiger partial charge is 0.336 e. The monoisotopic (exact) mass is 356 g/mol. The standard InChI is InChI=1S/C20H25FN4O/c21-16-8-6-15(7-9-16)14-24-10-3-11-25(13-12-24)20(26)19-17-4-1-2-5-18(17)22-23-19/h6-9H,1-5,10-14H2,(H,22,23). The summed E-state index contributed by atoms with van der Waals surface area (Å²) >= 11 is 0. The van der Waals surface area contributed by atoms with Crippen molar-refractivity contribution in [2.45, 2.75) is 38.6 Å². The summed E-state index contributed by atoms with van der Waals surface area (Å²) < 4.78 is 13.1. The molecule has 0 atom stereocenters. The first kappa shape index (κ1) is 17.2. The quantitative estimate of drug-likeness (QED) is 0.920. The second-order valence-electron chi connectivity index (χ2n) is 7.28. The minimum Gasteiger partial charge on any atom is -0.336 e. The van der Waals surface area contributed by atoms with E-state index in [1.165, 1.54) is 18.6 Å². The molecule has 1 fully saturated rings. The van der Waals surface area contributed by atoms with Crippen molar-refractivity contribution in [2.24, 2.45) is 0 Å². The Bertz CT molecular complexity index is 771. The molecule has 1 saturated heterocycles. The molecule has 1 aromatic heterocycles. The number of amides is 1. The molecule has 6 heteroatoms. The van der Waals surface area contributed by atoms with E-state index < -0.39 is 0 Å². The number of carbonyl (C=O) groups excluding carboxylic acids is 1. The minimum atomic E-state index is -0.205. The van der Waals surface area contributed by atoms with Gasteiger partial charge in [-0.15, -0.1) is 0 Å². The van der Waals surface area contributed by atoms with E-state index in [4.69, 9.17) is 0 Å². The van der Waals surface area contributed by atoms with Gasteiger partial charge >= 0.3 is 0 Å². The van der Waals surface area contributed by atoms with Gasteiger partial charge in [-0.05, 0) is 49.8 Å². The first-order valence-electron chi connectivity index (χ1n) is 9.53. The molecule has 2 aliphatic rings. The Morgan fingerprint density at radius 2 is 1.85 bits per heavy atom. The molecule has 0 bridgehead atoms. The number of fused-ring (bicyclic) bond motifs is 1. The highest BCUT2D eigenvalue weighted by Crippen LogP contribution is 2.23. The molecule has 1 aliphatic heterocycles. The third-order valence-electron chi connectivity index (χ3n) is 5.45. The lowest BCUT2D eigenvalue weighted by atomic mass is 9.95. The van der Waals surface area contributed by atoms with Gasteiger partial charge in [-0.2, -0.15) is 5.10 Å². The zero-order chi connectivity index (χ0) is 17.9. The smallest absolute Gasteiger partial charge is 0.274 e. The second-order valence-corrected chi connectivity index (χ2v) is 7.28. The Hall–Kier alpha value is -2.21. The van der Waals surface area contributed by atoms with E-state index in [0.717, 1.165) is 68.7 Å². The molecule has 0 radical (unpaired) electrons. The first-order valence-corrected chi connectivity index (χ1v) is 9.53. The zero-order valence-corrected chi connectivity index (χ0v) is 15.0. The second kappa shape index (κ2) is 7.58. The Balaban J connectivity index is 1.39. The van der Waals surface area contributed by atoms with E-state index >= 15 is 0 Å². The van der Waals surface area contributed by atoms with Crippen molar-refractivity contribution >= 4 is 5.91 Å². The van der Waals surface area contributed by atoms with Crippen LogP contribution in [0.1, 0.15) is 46.6 Å². The molecular weight excluding hydrogens is 331 g/mol. The topological polar surface area (TPSA) is 52.2 Å². The third-order valence-corrected chi connectivity index (χ3v) is 5.45. The lowest BCUT2D eigenvalue weighted by molar-refractivity contribution is 0.0754. The number of aromatic amines is 1. The van der Waals surface area contributed by atoms with Gasteiger partial charge in [0.05, 0.1) is 0 Å². The minimum absolute atomic E-state index is 0.0630. The maximum absolute atomic E-state index is 13.1. The molecule has 2 aromatic rings. The van der Waals surface area contributed by atoms with E-state index in [-0.39, 0.29) is 11.7 Å². The Kier molecular flexibility index (Phi) is 5.02. The van der Waals surface area contributed by atoms with Gasteiger partial charge in [0.25, 0.3) is 5.91 Å². The maximum atomic E-state index is 13.1. The molecule has 0 saturated carbocycles. The number of carbonyl (C=O) groups is 1. The number of nitrogens with one attached hydrogen (secondary N) is 1. The van der Waals surface area contributed by atoms with Crippen LogP contribution in [0.25, 0.3) is 0 Å². The van der Waals surface area contributed by atoms with Crippen molar-refractivity contribution in [3.63, 3.8) is 0 Å². The number of nitrogens with zero attached hydrogens (tertiary/aromatic N) is 3. The van der Waals surface area contributed by atoms with Crippen molar-refractivity contribution in [1.29, 1.82) is 0 Å². The molecule has 5 nitrogen and oxygen atoms in total. The Morgan fingerprint density at radius 1 is 1.04 bits per heavy atom. The van der Waals surface area contributed by atoms with Crippen molar-refractivity contribution in [2.75, 3.05) is 26.2 Å². The summed E-state index contributed by atoms with van der Waals surface area (Å²) in [6, 6.07) is 6.67. The summed E-state index contributed by atoms with van der Waals surface area (Å²) in [4.78, 5) is 17.2. The van der Waals surface area contributed by atoms with E-state index in [2.05, 4.69) is 15.1 Å². The van der Waals surface area contributed by atoms with Crippen LogP contribution in [0.5, 0.6) is 0 Å². The molecular formula is C20H25FN4O. The number of hydrogen-bond acceptors (Lipinski definition) is 3. The predicted octanol–water partition coefficient (Wildman–Crippen LogP) is 2.78. The van der Waals surface area contributed by atoms with Gasteiger partial charge in [0.15, 0.2) is 5.69 Å². The highest BCUT2D eigenvalue weighted by Gasteiger charge is 2.27. The average Bonchev–Trinajstić information content (AvgIpc) is 2.95. The fourth-order valence-corrected chi connectivity index (χ4v) is 3.99. The fourth-order valence-electron chi connectivity index (χ4n) is 3.99. The van der Waals surface area contributed by atoms with E-state index in [0.29, 0.717) is 12.2 Å². The molecule has 2 heterocycles. The van der Waals surface area contributed by atoms with Crippen molar-refractivity contribution in [3.8, 4) is 0 Å². The van der Waals surface area contributed by atoms with E-state index in [1.54, 1.807) is 0 Å². The summed E-state index contributed by atoms with van der Waals surface area (Å²) in [5.74, 6) is -0.142. The van der Waals surface area contributed by atoms with Crippen LogP contribution in [0.3, 0.4) is 0 Å². The van der Waals surface area contributed by atoms with Gasteiger partial charge < -0.3 is 4.90 Å². The molecule has 0 spiro atoms. The number of hydrogen-bond donors (Lipinski definition) is 1. The Labute approximate surface area is 153 Å². The van der Waals surface area contributed by atoms with Gasteiger partial charge in [0.1, 0.15) is 5.82 Å². The van der Waals surface area contributed by atoms with Crippen LogP contribution >= 0.6 is 0 Å². The number of aromatic nitrogens is 2. The van der Waals surface area contributed by atoms with Gasteiger partial charge in [-0.25, -0.2) is 4.39 Å². The van der Waals surface area contributed by atoms with Crippen molar-refractivity contribution < 1.29 is 9.18 Å². The van der Waals surface area contributed by atoms with Gasteiger partial charge in [0, 0.05) is 44.0 Å². The molecule has 1 N–H and O–H groups in total. The van der Waals surface area contributed by atoms with E-state index in [9.17, 15) is 9.18 Å². The van der Waals surface area contributed by atoms with Crippen LogP contribution in [0.2, 0.25) is 0 Å². The molecule has 1 amide bonds. The van der Waals surface area contributed by atoms with Crippen LogP contribution in [0.4, 0.5) is 4.39 Å². The van der Waals surface area contributed by atoms with Crippen LogP contribution in [0.15, 0.2) is 24.3 Å². The maximum Gasteiger partial charge on any atom is 0.274 e. The molecule has 0 unspecified atom stereocenters. The first-order chi connectivity index (χ1) is 12.7. The third kappa shape index (κ3) is 3.65. The summed E-state index contributed by atoms with van der Waals surface area (Å²) in [5, 5.41) is 7.40. The summed E-state index contributed by atoms with van der Waals surface area (Å²) in [5.41, 5.74) is 4.01. The van der Waals surface area contributed by atoms with Gasteiger partial charge in [-0.1, -0.05) is 12.1 Å².